The lowest BCUT2D eigenvalue weighted by Gasteiger charge is -2.14. The normalized spacial score (nSPS) is 17.6. The zero-order valence-corrected chi connectivity index (χ0v) is 14.0. The number of carbonyl (C=O) groups is 1. The highest BCUT2D eigenvalue weighted by Gasteiger charge is 2.31. The Hall–Kier alpha value is -1.38. The number of furan rings is 1. The molecule has 1 saturated heterocycles. The molecule has 1 aromatic rings. The van der Waals surface area contributed by atoms with Crippen LogP contribution in [0.15, 0.2) is 15.4 Å². The first kappa shape index (κ1) is 17.0. The van der Waals surface area contributed by atoms with Crippen LogP contribution in [0.4, 0.5) is 0 Å². The van der Waals surface area contributed by atoms with Crippen LogP contribution < -0.4 is 10.6 Å². The number of aryl methyl sites for hydroxylation is 1. The third-order valence-corrected chi connectivity index (χ3v) is 5.85. The Morgan fingerprint density at radius 3 is 2.64 bits per heavy atom. The lowest BCUT2D eigenvalue weighted by molar-refractivity contribution is 0.0921. The van der Waals surface area contributed by atoms with Crippen molar-refractivity contribution in [3.63, 3.8) is 0 Å². The number of sulfonamides is 1. The second-order valence-corrected chi connectivity index (χ2v) is 7.45. The molecule has 2 rings (SSSR count). The predicted octanol–water partition coefficient (Wildman–Crippen LogP) is 0.710. The van der Waals surface area contributed by atoms with Gasteiger partial charge in [0.15, 0.2) is 5.76 Å². The highest BCUT2D eigenvalue weighted by Crippen LogP contribution is 2.26. The molecule has 2 N–H and O–H groups in total. The monoisotopic (exact) mass is 329 g/mol. The first-order valence-corrected chi connectivity index (χ1v) is 8.86. The molecule has 1 fully saturated rings. The van der Waals surface area contributed by atoms with E-state index in [4.69, 9.17) is 4.42 Å². The van der Waals surface area contributed by atoms with Gasteiger partial charge in [-0.15, -0.1) is 0 Å². The molecule has 2 heterocycles. The second kappa shape index (κ2) is 6.80. The molecule has 0 bridgehead atoms. The van der Waals surface area contributed by atoms with Crippen LogP contribution in [0.5, 0.6) is 0 Å². The average Bonchev–Trinajstić information content (AvgIpc) is 3.13. The van der Waals surface area contributed by atoms with E-state index in [1.54, 1.807) is 14.0 Å². The predicted molar refractivity (Wildman–Crippen MR) is 82.3 cm³/mol. The lowest BCUT2D eigenvalue weighted by Crippen LogP contribution is -2.37. The molecule has 124 valence electrons. The van der Waals surface area contributed by atoms with Gasteiger partial charge < -0.3 is 15.1 Å². The van der Waals surface area contributed by atoms with E-state index in [2.05, 4.69) is 10.6 Å². The molecule has 0 saturated carbocycles. The summed E-state index contributed by atoms with van der Waals surface area (Å²) < 4.78 is 31.8. The maximum atomic E-state index is 12.5. The minimum atomic E-state index is -3.57. The Bertz CT molecular complexity index is 633. The molecule has 0 radical (unpaired) electrons. The Morgan fingerprint density at radius 2 is 2.05 bits per heavy atom. The number of carbonyl (C=O) groups excluding carboxylic acids is 1. The van der Waals surface area contributed by atoms with Gasteiger partial charge in [-0.2, -0.15) is 4.31 Å². The van der Waals surface area contributed by atoms with E-state index < -0.39 is 15.9 Å². The van der Waals surface area contributed by atoms with Gasteiger partial charge in [-0.25, -0.2) is 8.42 Å². The topological polar surface area (TPSA) is 91.6 Å². The quantitative estimate of drug-likeness (QED) is 0.802. The summed E-state index contributed by atoms with van der Waals surface area (Å²) in [5.41, 5.74) is 0. The molecule has 1 unspecified atom stereocenters. The fourth-order valence-corrected chi connectivity index (χ4v) is 4.01. The van der Waals surface area contributed by atoms with E-state index >= 15 is 0 Å². The molecule has 0 spiro atoms. The van der Waals surface area contributed by atoms with Crippen molar-refractivity contribution >= 4 is 15.9 Å². The van der Waals surface area contributed by atoms with Gasteiger partial charge in [-0.05, 0) is 33.7 Å². The van der Waals surface area contributed by atoms with Crippen LogP contribution in [-0.2, 0) is 10.0 Å². The summed E-state index contributed by atoms with van der Waals surface area (Å²) in [5.74, 6) is -0.134. The summed E-state index contributed by atoms with van der Waals surface area (Å²) in [5, 5.41) is 5.71. The fraction of sp³-hybridized carbons (Fsp3) is 0.643. The van der Waals surface area contributed by atoms with E-state index in [1.807, 2.05) is 6.92 Å². The number of rotatable bonds is 6. The van der Waals surface area contributed by atoms with Gasteiger partial charge in [-0.1, -0.05) is 0 Å². The van der Waals surface area contributed by atoms with Crippen LogP contribution in [0.25, 0.3) is 0 Å². The Balaban J connectivity index is 2.15. The molecule has 1 aliphatic heterocycles. The molecule has 1 amide bonds. The average molecular weight is 329 g/mol. The van der Waals surface area contributed by atoms with Crippen molar-refractivity contribution < 1.29 is 17.6 Å². The Morgan fingerprint density at radius 1 is 1.41 bits per heavy atom. The molecule has 22 heavy (non-hydrogen) atoms. The van der Waals surface area contributed by atoms with Crippen molar-refractivity contribution in [2.24, 2.45) is 0 Å². The standard InChI is InChI=1S/C14H23N3O4S/c1-10(15-3)9-16-14(18)12-8-13(11(2)21-12)22(19,20)17-6-4-5-7-17/h8,10,15H,4-7,9H2,1-3H3,(H,16,18). The highest BCUT2D eigenvalue weighted by molar-refractivity contribution is 7.89. The van der Waals surface area contributed by atoms with Crippen LogP contribution in [0, 0.1) is 6.92 Å². The maximum absolute atomic E-state index is 12.5. The van der Waals surface area contributed by atoms with Gasteiger partial charge >= 0.3 is 0 Å². The fourth-order valence-electron chi connectivity index (χ4n) is 2.34. The van der Waals surface area contributed by atoms with Crippen LogP contribution in [0.3, 0.4) is 0 Å². The number of likely N-dealkylation sites (N-methyl/N-ethyl adjacent to an activating group) is 1. The van der Waals surface area contributed by atoms with Crippen LogP contribution in [-0.4, -0.2) is 51.4 Å². The van der Waals surface area contributed by atoms with E-state index in [1.165, 1.54) is 10.4 Å². The van der Waals surface area contributed by atoms with Gasteiger partial charge in [-0.3, -0.25) is 4.79 Å². The SMILES string of the molecule is CNC(C)CNC(=O)c1cc(S(=O)(=O)N2CCCC2)c(C)o1. The van der Waals surface area contributed by atoms with Crippen molar-refractivity contribution in [2.75, 3.05) is 26.7 Å². The summed E-state index contributed by atoms with van der Waals surface area (Å²) in [6.07, 6.45) is 1.73. The third-order valence-electron chi connectivity index (χ3n) is 3.84. The second-order valence-electron chi connectivity index (χ2n) is 5.54. The Kier molecular flexibility index (Phi) is 5.25. The molecular formula is C14H23N3O4S. The third kappa shape index (κ3) is 3.50. The van der Waals surface area contributed by atoms with Crippen LogP contribution >= 0.6 is 0 Å². The summed E-state index contributed by atoms with van der Waals surface area (Å²) in [6.45, 7) is 4.97. The molecule has 1 atom stereocenters. The van der Waals surface area contributed by atoms with E-state index in [-0.39, 0.29) is 22.5 Å². The Labute approximate surface area is 131 Å². The number of nitrogens with one attached hydrogen (secondary N) is 2. The molecule has 7 nitrogen and oxygen atoms in total. The van der Waals surface area contributed by atoms with Gasteiger partial charge in [0, 0.05) is 31.7 Å². The molecule has 8 heteroatoms. The molecule has 0 aliphatic carbocycles. The van der Waals surface area contributed by atoms with Crippen LogP contribution in [0.1, 0.15) is 36.1 Å². The first-order valence-electron chi connectivity index (χ1n) is 7.42. The number of amides is 1. The summed E-state index contributed by atoms with van der Waals surface area (Å²) in [4.78, 5) is 12.1. The van der Waals surface area contributed by atoms with E-state index in [0.29, 0.717) is 19.6 Å². The smallest absolute Gasteiger partial charge is 0.287 e. The van der Waals surface area contributed by atoms with Gasteiger partial charge in [0.05, 0.1) is 0 Å². The van der Waals surface area contributed by atoms with Crippen molar-refractivity contribution in [1.82, 2.24) is 14.9 Å². The van der Waals surface area contributed by atoms with Gasteiger partial charge in [0.25, 0.3) is 5.91 Å². The number of hydrogen-bond donors (Lipinski definition) is 2. The molecule has 1 aromatic heterocycles. The summed E-state index contributed by atoms with van der Waals surface area (Å²) in [7, 11) is -1.77. The van der Waals surface area contributed by atoms with Crippen LogP contribution in [0.2, 0.25) is 0 Å². The van der Waals surface area contributed by atoms with Crippen molar-refractivity contribution in [2.45, 2.75) is 37.6 Å². The van der Waals surface area contributed by atoms with Gasteiger partial charge in [0.1, 0.15) is 10.7 Å². The van der Waals surface area contributed by atoms with Crippen molar-refractivity contribution in [3.8, 4) is 0 Å². The summed E-state index contributed by atoms with van der Waals surface area (Å²) in [6, 6.07) is 1.44. The largest absolute Gasteiger partial charge is 0.455 e. The number of hydrogen-bond acceptors (Lipinski definition) is 5. The molecule has 1 aliphatic rings. The minimum Gasteiger partial charge on any atom is -0.455 e. The van der Waals surface area contributed by atoms with Gasteiger partial charge in [0.2, 0.25) is 10.0 Å². The zero-order valence-electron chi connectivity index (χ0n) is 13.2. The number of nitrogens with zero attached hydrogens (tertiary/aromatic N) is 1. The first-order chi connectivity index (χ1) is 10.4. The minimum absolute atomic E-state index is 0.0265. The maximum Gasteiger partial charge on any atom is 0.287 e. The highest BCUT2D eigenvalue weighted by atomic mass is 32.2. The van der Waals surface area contributed by atoms with Crippen molar-refractivity contribution in [1.29, 1.82) is 0 Å². The van der Waals surface area contributed by atoms with E-state index in [0.717, 1.165) is 12.8 Å². The van der Waals surface area contributed by atoms with E-state index in [9.17, 15) is 13.2 Å². The molecule has 0 aromatic carbocycles. The zero-order chi connectivity index (χ0) is 16.3. The van der Waals surface area contributed by atoms with Crippen molar-refractivity contribution in [3.05, 3.63) is 17.6 Å². The lowest BCUT2D eigenvalue weighted by atomic mass is 10.3. The molecular weight excluding hydrogens is 306 g/mol. The summed E-state index contributed by atoms with van der Waals surface area (Å²) >= 11 is 0.